The Bertz CT molecular complexity index is 536. The summed E-state index contributed by atoms with van der Waals surface area (Å²) in [5.74, 6) is 0.412. The van der Waals surface area contributed by atoms with E-state index < -0.39 is 0 Å². The summed E-state index contributed by atoms with van der Waals surface area (Å²) in [5.41, 5.74) is 1.72. The van der Waals surface area contributed by atoms with Gasteiger partial charge in [0.1, 0.15) is 23.2 Å². The van der Waals surface area contributed by atoms with E-state index in [1.807, 2.05) is 13.8 Å². The lowest BCUT2D eigenvalue weighted by Gasteiger charge is -2.06. The Morgan fingerprint density at radius 2 is 2.11 bits per heavy atom. The summed E-state index contributed by atoms with van der Waals surface area (Å²) in [5, 5.41) is 0.890. The van der Waals surface area contributed by atoms with E-state index in [1.54, 1.807) is 17.4 Å². The molecule has 1 aromatic carbocycles. The second kappa shape index (κ2) is 5.67. The van der Waals surface area contributed by atoms with Crippen molar-refractivity contribution in [3.05, 3.63) is 45.2 Å². The Morgan fingerprint density at radius 1 is 1.33 bits per heavy atom. The number of alkyl halides is 1. The van der Waals surface area contributed by atoms with Crippen LogP contribution in [0.2, 0.25) is 0 Å². The predicted octanol–water partition coefficient (Wildman–Crippen LogP) is 4.22. The fourth-order valence-electron chi connectivity index (χ4n) is 1.53. The van der Waals surface area contributed by atoms with E-state index >= 15 is 0 Å². The number of hydrogen-bond donors (Lipinski definition) is 0. The number of ether oxygens (including phenoxy) is 1. The summed E-state index contributed by atoms with van der Waals surface area (Å²) in [7, 11) is 0. The fourth-order valence-corrected chi connectivity index (χ4v) is 2.53. The van der Waals surface area contributed by atoms with E-state index in [0.717, 1.165) is 10.7 Å². The van der Waals surface area contributed by atoms with Crippen LogP contribution in [0.4, 0.5) is 4.39 Å². The Morgan fingerprint density at radius 3 is 2.72 bits per heavy atom. The topological polar surface area (TPSA) is 22.1 Å². The van der Waals surface area contributed by atoms with Crippen molar-refractivity contribution in [2.24, 2.45) is 0 Å². The minimum absolute atomic E-state index is 0.267. The van der Waals surface area contributed by atoms with E-state index in [0.29, 0.717) is 17.9 Å². The molecule has 0 atom stereocenters. The highest BCUT2D eigenvalue weighted by molar-refractivity contribution is 7.11. The molecule has 0 saturated carbocycles. The summed E-state index contributed by atoms with van der Waals surface area (Å²) in [6.07, 6.45) is 0. The summed E-state index contributed by atoms with van der Waals surface area (Å²) in [6.45, 7) is 4.33. The monoisotopic (exact) mass is 285 g/mol. The SMILES string of the molecule is Cc1nc(COc2cc(F)cc(CCl)c2)sc1C. The molecule has 2 nitrogen and oxygen atoms in total. The Labute approximate surface area is 114 Å². The number of hydrogen-bond acceptors (Lipinski definition) is 3. The number of halogens is 2. The van der Waals surface area contributed by atoms with Crippen LogP contribution in [-0.2, 0) is 12.5 Å². The van der Waals surface area contributed by atoms with Gasteiger partial charge in [0, 0.05) is 16.8 Å². The van der Waals surface area contributed by atoms with Crippen LogP contribution in [0.3, 0.4) is 0 Å². The van der Waals surface area contributed by atoms with Gasteiger partial charge in [0.25, 0.3) is 0 Å². The first-order valence-corrected chi connectivity index (χ1v) is 6.84. The lowest BCUT2D eigenvalue weighted by molar-refractivity contribution is 0.303. The van der Waals surface area contributed by atoms with E-state index in [2.05, 4.69) is 4.98 Å². The lowest BCUT2D eigenvalue weighted by atomic mass is 10.2. The van der Waals surface area contributed by atoms with Gasteiger partial charge < -0.3 is 4.74 Å². The number of nitrogens with zero attached hydrogens (tertiary/aromatic N) is 1. The molecule has 18 heavy (non-hydrogen) atoms. The molecule has 2 rings (SSSR count). The van der Waals surface area contributed by atoms with E-state index in [9.17, 15) is 4.39 Å². The van der Waals surface area contributed by atoms with Gasteiger partial charge in [-0.05, 0) is 31.5 Å². The largest absolute Gasteiger partial charge is 0.486 e. The second-order valence-corrected chi connectivity index (χ2v) is 5.52. The van der Waals surface area contributed by atoms with Gasteiger partial charge in [0.2, 0.25) is 0 Å². The van der Waals surface area contributed by atoms with Crippen LogP contribution in [0.5, 0.6) is 5.75 Å². The molecule has 5 heteroatoms. The van der Waals surface area contributed by atoms with Crippen molar-refractivity contribution in [1.29, 1.82) is 0 Å². The van der Waals surface area contributed by atoms with Crippen molar-refractivity contribution in [3.63, 3.8) is 0 Å². The van der Waals surface area contributed by atoms with Crippen molar-refractivity contribution >= 4 is 22.9 Å². The van der Waals surface area contributed by atoms with Crippen molar-refractivity contribution in [1.82, 2.24) is 4.98 Å². The molecule has 0 saturated heterocycles. The van der Waals surface area contributed by atoms with Crippen LogP contribution in [0.25, 0.3) is 0 Å². The summed E-state index contributed by atoms with van der Waals surface area (Å²) in [6, 6.07) is 4.49. The standard InChI is InChI=1S/C13H13ClFNOS/c1-8-9(2)18-13(16-8)7-17-12-4-10(6-14)3-11(15)5-12/h3-5H,6-7H2,1-2H3. The smallest absolute Gasteiger partial charge is 0.140 e. The first-order chi connectivity index (χ1) is 8.58. The zero-order valence-corrected chi connectivity index (χ0v) is 11.7. The number of aryl methyl sites for hydroxylation is 2. The maximum Gasteiger partial charge on any atom is 0.140 e. The molecule has 1 heterocycles. The van der Waals surface area contributed by atoms with E-state index in [-0.39, 0.29) is 11.7 Å². The molecule has 1 aromatic heterocycles. The molecule has 96 valence electrons. The molecule has 0 radical (unpaired) electrons. The van der Waals surface area contributed by atoms with Crippen LogP contribution in [0.15, 0.2) is 18.2 Å². The molecular formula is C13H13ClFNOS. The van der Waals surface area contributed by atoms with Crippen LogP contribution in [0.1, 0.15) is 21.1 Å². The quantitative estimate of drug-likeness (QED) is 0.785. The minimum atomic E-state index is -0.338. The molecule has 0 aliphatic carbocycles. The van der Waals surface area contributed by atoms with Gasteiger partial charge in [0.05, 0.1) is 5.69 Å². The third-order valence-corrected chi connectivity index (χ3v) is 3.88. The molecule has 2 aromatic rings. The highest BCUT2D eigenvalue weighted by Crippen LogP contribution is 2.21. The Kier molecular flexibility index (Phi) is 4.19. The molecule has 0 spiro atoms. The van der Waals surface area contributed by atoms with E-state index in [1.165, 1.54) is 17.0 Å². The molecule has 0 aliphatic heterocycles. The zero-order valence-electron chi connectivity index (χ0n) is 10.2. The molecule has 0 amide bonds. The summed E-state index contributed by atoms with van der Waals surface area (Å²) < 4.78 is 18.8. The number of rotatable bonds is 4. The first kappa shape index (κ1) is 13.3. The molecule has 0 unspecified atom stereocenters. The van der Waals surface area contributed by atoms with Crippen LogP contribution < -0.4 is 4.74 Å². The van der Waals surface area contributed by atoms with Crippen molar-refractivity contribution in [2.45, 2.75) is 26.3 Å². The zero-order chi connectivity index (χ0) is 13.1. The van der Waals surface area contributed by atoms with Crippen molar-refractivity contribution < 1.29 is 9.13 Å². The Hall–Kier alpha value is -1.13. The fraction of sp³-hybridized carbons (Fsp3) is 0.308. The van der Waals surface area contributed by atoms with Gasteiger partial charge in [-0.3, -0.25) is 0 Å². The third-order valence-electron chi connectivity index (χ3n) is 2.52. The van der Waals surface area contributed by atoms with E-state index in [4.69, 9.17) is 16.3 Å². The minimum Gasteiger partial charge on any atom is -0.486 e. The second-order valence-electron chi connectivity index (χ2n) is 3.97. The number of benzene rings is 1. The highest BCUT2D eigenvalue weighted by atomic mass is 35.5. The van der Waals surface area contributed by atoms with Gasteiger partial charge in [0.15, 0.2) is 0 Å². The van der Waals surface area contributed by atoms with Gasteiger partial charge in [-0.15, -0.1) is 22.9 Å². The lowest BCUT2D eigenvalue weighted by Crippen LogP contribution is -1.96. The maximum absolute atomic E-state index is 13.3. The average molecular weight is 286 g/mol. The molecule has 0 N–H and O–H groups in total. The van der Waals surface area contributed by atoms with Crippen LogP contribution in [-0.4, -0.2) is 4.98 Å². The van der Waals surface area contributed by atoms with Gasteiger partial charge in [-0.1, -0.05) is 0 Å². The molecule has 0 bridgehead atoms. The van der Waals surface area contributed by atoms with Crippen LogP contribution >= 0.6 is 22.9 Å². The normalized spacial score (nSPS) is 10.7. The number of aromatic nitrogens is 1. The summed E-state index contributed by atoms with van der Waals surface area (Å²) in [4.78, 5) is 5.54. The Balaban J connectivity index is 2.07. The van der Waals surface area contributed by atoms with Crippen LogP contribution in [0, 0.1) is 19.7 Å². The highest BCUT2D eigenvalue weighted by Gasteiger charge is 2.06. The van der Waals surface area contributed by atoms with Gasteiger partial charge in [-0.25, -0.2) is 9.37 Å². The van der Waals surface area contributed by atoms with Gasteiger partial charge >= 0.3 is 0 Å². The molecule has 0 fully saturated rings. The van der Waals surface area contributed by atoms with Crippen molar-refractivity contribution in [3.8, 4) is 5.75 Å². The first-order valence-electron chi connectivity index (χ1n) is 5.49. The molecule has 0 aliphatic rings. The number of thiazole rings is 1. The maximum atomic E-state index is 13.3. The predicted molar refractivity (Wildman–Crippen MR) is 71.9 cm³/mol. The van der Waals surface area contributed by atoms with Crippen molar-refractivity contribution in [2.75, 3.05) is 0 Å². The third kappa shape index (κ3) is 3.21. The summed E-state index contributed by atoms with van der Waals surface area (Å²) >= 11 is 7.27. The van der Waals surface area contributed by atoms with Gasteiger partial charge in [-0.2, -0.15) is 0 Å². The molecular weight excluding hydrogens is 273 g/mol. The average Bonchev–Trinajstić information content (AvgIpc) is 2.65.